The minimum absolute atomic E-state index is 0.0229. The van der Waals surface area contributed by atoms with Gasteiger partial charge in [-0.3, -0.25) is 14.4 Å². The second-order valence-electron chi connectivity index (χ2n) is 6.64. The van der Waals surface area contributed by atoms with Gasteiger partial charge in [-0.1, -0.05) is 18.2 Å². The van der Waals surface area contributed by atoms with Gasteiger partial charge in [0, 0.05) is 33.0 Å². The molecule has 1 heterocycles. The van der Waals surface area contributed by atoms with Crippen LogP contribution in [0.15, 0.2) is 41.8 Å². The second-order valence-corrected chi connectivity index (χ2v) is 7.58. The number of likely N-dealkylation sites (N-methyl/N-ethyl adjacent to an activating group) is 1. The highest BCUT2D eigenvalue weighted by Gasteiger charge is 2.19. The highest BCUT2D eigenvalue weighted by Crippen LogP contribution is 2.18. The summed E-state index contributed by atoms with van der Waals surface area (Å²) in [6.07, 6.45) is 0.968. The van der Waals surface area contributed by atoms with Crippen LogP contribution >= 0.6 is 11.3 Å². The van der Waals surface area contributed by atoms with Crippen LogP contribution in [0.5, 0.6) is 0 Å². The maximum absolute atomic E-state index is 13.0. The van der Waals surface area contributed by atoms with E-state index in [-0.39, 0.29) is 42.2 Å². The predicted octanol–water partition coefficient (Wildman–Crippen LogP) is 3.62. The number of Topliss-reactive ketones (excluding diaryl/α,β-unsaturated/α-hetero) is 1. The van der Waals surface area contributed by atoms with Crippen molar-refractivity contribution in [3.63, 3.8) is 0 Å². The third-order valence-electron chi connectivity index (χ3n) is 4.48. The Morgan fingerprint density at radius 3 is 2.50 bits per heavy atom. The molecule has 7 heteroatoms. The molecule has 1 N–H and O–H groups in total. The van der Waals surface area contributed by atoms with E-state index in [0.717, 1.165) is 5.56 Å². The largest absolute Gasteiger partial charge is 0.356 e. The summed E-state index contributed by atoms with van der Waals surface area (Å²) in [4.78, 5) is 38.5. The van der Waals surface area contributed by atoms with E-state index < -0.39 is 0 Å². The SMILES string of the molecule is CC(C(=O)N(C)CCCNC(=O)CCC(=O)c1cccs1)c1ccc(F)cc1. The first-order valence-corrected chi connectivity index (χ1v) is 10.1. The van der Waals surface area contributed by atoms with Crippen molar-refractivity contribution in [2.75, 3.05) is 20.1 Å². The molecule has 0 fully saturated rings. The van der Waals surface area contributed by atoms with Crippen molar-refractivity contribution < 1.29 is 18.8 Å². The summed E-state index contributed by atoms with van der Waals surface area (Å²) in [6, 6.07) is 9.49. The summed E-state index contributed by atoms with van der Waals surface area (Å²) in [5.41, 5.74) is 0.766. The van der Waals surface area contributed by atoms with Gasteiger partial charge in [0.05, 0.1) is 10.8 Å². The fraction of sp³-hybridized carbons (Fsp3) is 0.381. The Morgan fingerprint density at radius 1 is 1.14 bits per heavy atom. The first-order valence-electron chi connectivity index (χ1n) is 9.22. The number of halogens is 1. The van der Waals surface area contributed by atoms with Gasteiger partial charge < -0.3 is 10.2 Å². The molecular formula is C21H25FN2O3S. The molecule has 0 radical (unpaired) electrons. The molecule has 1 atom stereocenters. The molecule has 0 aliphatic heterocycles. The number of carbonyl (C=O) groups is 3. The van der Waals surface area contributed by atoms with Crippen molar-refractivity contribution in [2.45, 2.75) is 32.1 Å². The number of thiophene rings is 1. The number of hydrogen-bond donors (Lipinski definition) is 1. The summed E-state index contributed by atoms with van der Waals surface area (Å²) in [5, 5.41) is 4.61. The molecule has 1 aromatic heterocycles. The van der Waals surface area contributed by atoms with E-state index in [9.17, 15) is 18.8 Å². The third-order valence-corrected chi connectivity index (χ3v) is 5.40. The number of benzene rings is 1. The highest BCUT2D eigenvalue weighted by atomic mass is 32.1. The molecule has 28 heavy (non-hydrogen) atoms. The Balaban J connectivity index is 1.65. The Labute approximate surface area is 168 Å². The zero-order chi connectivity index (χ0) is 20.5. The molecule has 0 aliphatic carbocycles. The summed E-state index contributed by atoms with van der Waals surface area (Å²) < 4.78 is 13.0. The normalized spacial score (nSPS) is 11.7. The van der Waals surface area contributed by atoms with Crippen molar-refractivity contribution in [3.8, 4) is 0 Å². The molecule has 0 saturated carbocycles. The van der Waals surface area contributed by atoms with Gasteiger partial charge in [-0.25, -0.2) is 4.39 Å². The molecule has 0 saturated heterocycles. The smallest absolute Gasteiger partial charge is 0.229 e. The number of hydrogen-bond acceptors (Lipinski definition) is 4. The Kier molecular flexibility index (Phi) is 8.32. The molecule has 2 amide bonds. The zero-order valence-corrected chi connectivity index (χ0v) is 16.9. The van der Waals surface area contributed by atoms with Crippen molar-refractivity contribution in [1.29, 1.82) is 0 Å². The molecule has 1 unspecified atom stereocenters. The van der Waals surface area contributed by atoms with E-state index in [1.165, 1.54) is 23.5 Å². The third kappa shape index (κ3) is 6.56. The average molecular weight is 405 g/mol. The molecule has 5 nitrogen and oxygen atoms in total. The summed E-state index contributed by atoms with van der Waals surface area (Å²) in [6.45, 7) is 2.73. The van der Waals surface area contributed by atoms with Crippen molar-refractivity contribution in [3.05, 3.63) is 58.0 Å². The number of amides is 2. The summed E-state index contributed by atoms with van der Waals surface area (Å²) in [5.74, 6) is -0.934. The topological polar surface area (TPSA) is 66.5 Å². The van der Waals surface area contributed by atoms with E-state index in [4.69, 9.17) is 0 Å². The minimum atomic E-state index is -0.358. The van der Waals surface area contributed by atoms with Gasteiger partial charge in [0.1, 0.15) is 5.82 Å². The number of rotatable bonds is 10. The van der Waals surface area contributed by atoms with Gasteiger partial charge >= 0.3 is 0 Å². The standard InChI is InChI=1S/C21H25FN2O3S/c1-15(16-6-8-17(22)9-7-16)21(27)24(2)13-4-12-23-20(26)11-10-18(25)19-5-3-14-28-19/h3,5-9,14-15H,4,10-13H2,1-2H3,(H,23,26). The van der Waals surface area contributed by atoms with Crippen LogP contribution < -0.4 is 5.32 Å². The van der Waals surface area contributed by atoms with Gasteiger partial charge in [-0.05, 0) is 42.5 Å². The minimum Gasteiger partial charge on any atom is -0.356 e. The predicted molar refractivity (Wildman–Crippen MR) is 108 cm³/mol. The van der Waals surface area contributed by atoms with E-state index in [1.807, 2.05) is 11.4 Å². The molecule has 1 aromatic carbocycles. The van der Waals surface area contributed by atoms with Gasteiger partial charge in [-0.15, -0.1) is 11.3 Å². The summed E-state index contributed by atoms with van der Waals surface area (Å²) >= 11 is 1.37. The molecule has 2 aromatic rings. The lowest BCUT2D eigenvalue weighted by molar-refractivity contribution is -0.131. The van der Waals surface area contributed by atoms with Crippen molar-refractivity contribution in [1.82, 2.24) is 10.2 Å². The number of nitrogens with zero attached hydrogens (tertiary/aromatic N) is 1. The maximum atomic E-state index is 13.0. The Morgan fingerprint density at radius 2 is 1.86 bits per heavy atom. The summed E-state index contributed by atoms with van der Waals surface area (Å²) in [7, 11) is 1.71. The fourth-order valence-corrected chi connectivity index (χ4v) is 3.45. The van der Waals surface area contributed by atoms with Crippen LogP contribution in [0.25, 0.3) is 0 Å². The number of carbonyl (C=O) groups excluding carboxylic acids is 3. The molecule has 0 aliphatic rings. The lowest BCUT2D eigenvalue weighted by Gasteiger charge is -2.21. The number of nitrogens with one attached hydrogen (secondary N) is 1. The monoisotopic (exact) mass is 404 g/mol. The van der Waals surface area contributed by atoms with Crippen LogP contribution in [0.2, 0.25) is 0 Å². The van der Waals surface area contributed by atoms with E-state index in [0.29, 0.717) is 24.4 Å². The molecule has 0 spiro atoms. The lowest BCUT2D eigenvalue weighted by atomic mass is 10.00. The van der Waals surface area contributed by atoms with Gasteiger partial charge in [0.15, 0.2) is 5.78 Å². The first kappa shape index (κ1) is 21.8. The molecule has 2 rings (SSSR count). The Hall–Kier alpha value is -2.54. The molecular weight excluding hydrogens is 379 g/mol. The second kappa shape index (κ2) is 10.7. The average Bonchev–Trinajstić information content (AvgIpc) is 3.23. The zero-order valence-electron chi connectivity index (χ0n) is 16.1. The molecule has 0 bridgehead atoms. The Bertz CT molecular complexity index is 790. The number of ketones is 1. The van der Waals surface area contributed by atoms with Crippen molar-refractivity contribution >= 4 is 28.9 Å². The maximum Gasteiger partial charge on any atom is 0.229 e. The van der Waals surface area contributed by atoms with E-state index in [2.05, 4.69) is 5.32 Å². The quantitative estimate of drug-likeness (QED) is 0.486. The lowest BCUT2D eigenvalue weighted by Crippen LogP contribution is -2.34. The van der Waals surface area contributed by atoms with E-state index >= 15 is 0 Å². The molecule has 150 valence electrons. The fourth-order valence-electron chi connectivity index (χ4n) is 2.75. The van der Waals surface area contributed by atoms with E-state index in [1.54, 1.807) is 37.1 Å². The van der Waals surface area contributed by atoms with Gasteiger partial charge in [0.25, 0.3) is 0 Å². The van der Waals surface area contributed by atoms with Crippen LogP contribution in [0.1, 0.15) is 47.3 Å². The highest BCUT2D eigenvalue weighted by molar-refractivity contribution is 7.12. The van der Waals surface area contributed by atoms with Crippen LogP contribution in [0.3, 0.4) is 0 Å². The van der Waals surface area contributed by atoms with Crippen LogP contribution in [0.4, 0.5) is 4.39 Å². The van der Waals surface area contributed by atoms with Crippen LogP contribution in [-0.2, 0) is 9.59 Å². The van der Waals surface area contributed by atoms with Gasteiger partial charge in [-0.2, -0.15) is 0 Å². The van der Waals surface area contributed by atoms with Crippen LogP contribution in [-0.4, -0.2) is 42.6 Å². The first-order chi connectivity index (χ1) is 13.4. The van der Waals surface area contributed by atoms with Crippen molar-refractivity contribution in [2.24, 2.45) is 0 Å². The van der Waals surface area contributed by atoms with Crippen LogP contribution in [0, 0.1) is 5.82 Å². The van der Waals surface area contributed by atoms with Gasteiger partial charge in [0.2, 0.25) is 11.8 Å².